The zero-order chi connectivity index (χ0) is 25.4. The van der Waals surface area contributed by atoms with Crippen molar-refractivity contribution in [3.8, 4) is 5.75 Å². The van der Waals surface area contributed by atoms with Gasteiger partial charge in [-0.05, 0) is 62.8 Å². The number of likely N-dealkylation sites (N-methyl/N-ethyl adjacent to an activating group) is 1. The molecule has 0 aliphatic rings. The standard InChI is InChI=1S/C28H30BrFN2O3/c1-19(2)22-11-14-26(24(29)16-22)35-18-27(33)32(17-21-9-12-23(30)13-10-21)25(28(34)31-3)15-20-7-5-4-6-8-20/h4-14,16,19,25H,15,17-18H2,1-3H3,(H,31,34). The van der Waals surface area contributed by atoms with Gasteiger partial charge in [-0.1, -0.05) is 62.4 Å². The molecule has 2 amide bonds. The van der Waals surface area contributed by atoms with Crippen molar-refractivity contribution < 1.29 is 18.7 Å². The average molecular weight is 541 g/mol. The van der Waals surface area contributed by atoms with E-state index in [1.54, 1.807) is 19.2 Å². The third kappa shape index (κ3) is 7.39. The molecule has 0 aliphatic carbocycles. The first-order valence-electron chi connectivity index (χ1n) is 11.5. The zero-order valence-electron chi connectivity index (χ0n) is 20.1. The van der Waals surface area contributed by atoms with Gasteiger partial charge in [0.1, 0.15) is 17.6 Å². The van der Waals surface area contributed by atoms with Gasteiger partial charge in [-0.25, -0.2) is 4.39 Å². The van der Waals surface area contributed by atoms with E-state index < -0.39 is 6.04 Å². The fourth-order valence-corrected chi connectivity index (χ4v) is 4.23. The van der Waals surface area contributed by atoms with Gasteiger partial charge in [0.15, 0.2) is 6.61 Å². The highest BCUT2D eigenvalue weighted by Gasteiger charge is 2.30. The van der Waals surface area contributed by atoms with Gasteiger partial charge in [-0.2, -0.15) is 0 Å². The Balaban J connectivity index is 1.86. The summed E-state index contributed by atoms with van der Waals surface area (Å²) >= 11 is 3.52. The van der Waals surface area contributed by atoms with Crippen molar-refractivity contribution in [1.82, 2.24) is 10.2 Å². The van der Waals surface area contributed by atoms with Crippen molar-refractivity contribution in [2.24, 2.45) is 0 Å². The van der Waals surface area contributed by atoms with E-state index in [4.69, 9.17) is 4.74 Å². The molecule has 3 aromatic carbocycles. The molecule has 0 saturated heterocycles. The summed E-state index contributed by atoms with van der Waals surface area (Å²) in [5, 5.41) is 2.67. The predicted octanol–water partition coefficient (Wildman–Crippen LogP) is 5.48. The van der Waals surface area contributed by atoms with Gasteiger partial charge in [0, 0.05) is 20.0 Å². The summed E-state index contributed by atoms with van der Waals surface area (Å²) < 4.78 is 20.1. The number of benzene rings is 3. The lowest BCUT2D eigenvalue weighted by atomic mass is 10.0. The Kier molecular flexibility index (Phi) is 9.43. The molecule has 7 heteroatoms. The number of ether oxygens (including phenoxy) is 1. The van der Waals surface area contributed by atoms with Gasteiger partial charge in [0.05, 0.1) is 4.47 Å². The molecule has 5 nitrogen and oxygen atoms in total. The summed E-state index contributed by atoms with van der Waals surface area (Å²) in [5.74, 6) is -0.0919. The lowest BCUT2D eigenvalue weighted by Gasteiger charge is -2.31. The van der Waals surface area contributed by atoms with Crippen molar-refractivity contribution in [2.75, 3.05) is 13.7 Å². The first-order valence-corrected chi connectivity index (χ1v) is 12.3. The van der Waals surface area contributed by atoms with E-state index in [1.165, 1.54) is 17.0 Å². The molecule has 0 aromatic heterocycles. The molecular formula is C28H30BrFN2O3. The number of nitrogens with zero attached hydrogens (tertiary/aromatic N) is 1. The maximum absolute atomic E-state index is 13.5. The van der Waals surface area contributed by atoms with E-state index >= 15 is 0 Å². The molecule has 1 unspecified atom stereocenters. The number of carbonyl (C=O) groups is 2. The molecule has 3 rings (SSSR count). The largest absolute Gasteiger partial charge is 0.483 e. The average Bonchev–Trinajstić information content (AvgIpc) is 2.86. The number of rotatable bonds is 10. The fraction of sp³-hybridized carbons (Fsp3) is 0.286. The quantitative estimate of drug-likeness (QED) is 0.370. The van der Waals surface area contributed by atoms with Gasteiger partial charge in [0.25, 0.3) is 5.91 Å². The van der Waals surface area contributed by atoms with Crippen LogP contribution in [0.3, 0.4) is 0 Å². The predicted molar refractivity (Wildman–Crippen MR) is 139 cm³/mol. The number of hydrogen-bond donors (Lipinski definition) is 1. The van der Waals surface area contributed by atoms with E-state index in [9.17, 15) is 14.0 Å². The Morgan fingerprint density at radius 2 is 1.69 bits per heavy atom. The molecule has 1 N–H and O–H groups in total. The molecule has 0 saturated carbocycles. The van der Waals surface area contributed by atoms with Crippen molar-refractivity contribution in [3.63, 3.8) is 0 Å². The molecule has 0 heterocycles. The van der Waals surface area contributed by atoms with E-state index in [0.29, 0.717) is 23.7 Å². The monoisotopic (exact) mass is 540 g/mol. The molecule has 184 valence electrons. The van der Waals surface area contributed by atoms with Crippen LogP contribution in [-0.4, -0.2) is 36.4 Å². The molecule has 35 heavy (non-hydrogen) atoms. The van der Waals surface area contributed by atoms with Crippen LogP contribution in [0.4, 0.5) is 4.39 Å². The van der Waals surface area contributed by atoms with Crippen molar-refractivity contribution >= 4 is 27.7 Å². The lowest BCUT2D eigenvalue weighted by molar-refractivity contribution is -0.142. The number of carbonyl (C=O) groups excluding carboxylic acids is 2. The summed E-state index contributed by atoms with van der Waals surface area (Å²) in [6.07, 6.45) is 0.334. The lowest BCUT2D eigenvalue weighted by Crippen LogP contribution is -2.51. The number of hydrogen-bond acceptors (Lipinski definition) is 3. The second-order valence-corrected chi connectivity index (χ2v) is 9.46. The highest BCUT2D eigenvalue weighted by Crippen LogP contribution is 2.29. The second kappa shape index (κ2) is 12.5. The molecular weight excluding hydrogens is 511 g/mol. The van der Waals surface area contributed by atoms with E-state index in [0.717, 1.165) is 15.6 Å². The van der Waals surface area contributed by atoms with Crippen molar-refractivity contribution in [1.29, 1.82) is 0 Å². The van der Waals surface area contributed by atoms with E-state index in [-0.39, 0.29) is 30.8 Å². The number of nitrogens with one attached hydrogen (secondary N) is 1. The summed E-state index contributed by atoms with van der Waals surface area (Å²) in [4.78, 5) is 27.9. The van der Waals surface area contributed by atoms with Crippen LogP contribution in [-0.2, 0) is 22.6 Å². The summed E-state index contributed by atoms with van der Waals surface area (Å²) in [6.45, 7) is 4.10. The molecule has 0 fully saturated rings. The highest BCUT2D eigenvalue weighted by atomic mass is 79.9. The van der Waals surface area contributed by atoms with Gasteiger partial charge in [-0.15, -0.1) is 0 Å². The molecule has 0 spiro atoms. The minimum absolute atomic E-state index is 0.140. The van der Waals surface area contributed by atoms with Crippen LogP contribution in [0, 0.1) is 5.82 Å². The van der Waals surface area contributed by atoms with Crippen LogP contribution in [0.5, 0.6) is 5.75 Å². The van der Waals surface area contributed by atoms with Crippen LogP contribution in [0.2, 0.25) is 0 Å². The maximum atomic E-state index is 13.5. The minimum atomic E-state index is -0.768. The van der Waals surface area contributed by atoms with E-state index in [2.05, 4.69) is 35.1 Å². The number of halogens is 2. The summed E-state index contributed by atoms with van der Waals surface area (Å²) in [6, 6.07) is 20.4. The SMILES string of the molecule is CNC(=O)C(Cc1ccccc1)N(Cc1ccc(F)cc1)C(=O)COc1ccc(C(C)C)cc1Br. The minimum Gasteiger partial charge on any atom is -0.483 e. The van der Waals surface area contributed by atoms with Crippen molar-refractivity contribution in [2.45, 2.75) is 38.8 Å². The number of amides is 2. The Morgan fingerprint density at radius 3 is 2.29 bits per heavy atom. The Morgan fingerprint density at radius 1 is 1.00 bits per heavy atom. The first-order chi connectivity index (χ1) is 16.8. The van der Waals surface area contributed by atoms with Crippen LogP contribution < -0.4 is 10.1 Å². The highest BCUT2D eigenvalue weighted by molar-refractivity contribution is 9.10. The summed E-state index contributed by atoms with van der Waals surface area (Å²) in [7, 11) is 1.55. The van der Waals surface area contributed by atoms with Gasteiger partial charge < -0.3 is 15.0 Å². The van der Waals surface area contributed by atoms with Crippen LogP contribution >= 0.6 is 15.9 Å². The third-order valence-corrected chi connectivity index (χ3v) is 6.38. The Hall–Kier alpha value is -3.19. The summed E-state index contributed by atoms with van der Waals surface area (Å²) in [5.41, 5.74) is 2.78. The van der Waals surface area contributed by atoms with Crippen LogP contribution in [0.15, 0.2) is 77.3 Å². The topological polar surface area (TPSA) is 58.6 Å². The van der Waals surface area contributed by atoms with Crippen LogP contribution in [0.1, 0.15) is 36.5 Å². The second-order valence-electron chi connectivity index (χ2n) is 8.60. The van der Waals surface area contributed by atoms with Crippen molar-refractivity contribution in [3.05, 3.63) is 99.8 Å². The van der Waals surface area contributed by atoms with Gasteiger partial charge in [-0.3, -0.25) is 9.59 Å². The fourth-order valence-electron chi connectivity index (χ4n) is 3.72. The maximum Gasteiger partial charge on any atom is 0.261 e. The molecule has 0 radical (unpaired) electrons. The van der Waals surface area contributed by atoms with Gasteiger partial charge in [0.2, 0.25) is 5.91 Å². The first kappa shape index (κ1) is 26.4. The normalized spacial score (nSPS) is 11.7. The molecule has 1 atom stereocenters. The Labute approximate surface area is 214 Å². The molecule has 3 aromatic rings. The van der Waals surface area contributed by atoms with E-state index in [1.807, 2.05) is 48.5 Å². The molecule has 0 bridgehead atoms. The smallest absolute Gasteiger partial charge is 0.261 e. The Bertz CT molecular complexity index is 1140. The zero-order valence-corrected chi connectivity index (χ0v) is 21.7. The molecule has 0 aliphatic heterocycles. The third-order valence-electron chi connectivity index (χ3n) is 5.76. The van der Waals surface area contributed by atoms with Crippen LogP contribution in [0.25, 0.3) is 0 Å². The van der Waals surface area contributed by atoms with Gasteiger partial charge >= 0.3 is 0 Å².